The maximum absolute atomic E-state index is 11.0. The van der Waals surface area contributed by atoms with Crippen molar-refractivity contribution in [2.45, 2.75) is 12.8 Å². The van der Waals surface area contributed by atoms with Crippen molar-refractivity contribution in [3.8, 4) is 5.75 Å². The number of ether oxygens (including phenoxy) is 1. The summed E-state index contributed by atoms with van der Waals surface area (Å²) in [5.74, 6) is 0.572. The van der Waals surface area contributed by atoms with E-state index in [1.54, 1.807) is 6.07 Å². The van der Waals surface area contributed by atoms with Crippen LogP contribution in [0.5, 0.6) is 5.75 Å². The van der Waals surface area contributed by atoms with E-state index in [-0.39, 0.29) is 6.42 Å². The summed E-state index contributed by atoms with van der Waals surface area (Å²) < 4.78 is 5.90. The van der Waals surface area contributed by atoms with Crippen LogP contribution in [0, 0.1) is 0 Å². The van der Waals surface area contributed by atoms with Crippen molar-refractivity contribution in [2.24, 2.45) is 0 Å². The van der Waals surface area contributed by atoms with E-state index in [2.05, 4.69) is 0 Å². The third-order valence-electron chi connectivity index (χ3n) is 3.50. The normalized spacial score (nSPS) is 13.4. The molecule has 0 atom stereocenters. The van der Waals surface area contributed by atoms with Crippen molar-refractivity contribution in [2.75, 3.05) is 0 Å². The van der Waals surface area contributed by atoms with Gasteiger partial charge in [0.05, 0.1) is 6.42 Å². The molecule has 0 fully saturated rings. The zero-order chi connectivity index (χ0) is 15.4. The number of benzene rings is 2. The van der Waals surface area contributed by atoms with Gasteiger partial charge >= 0.3 is 5.97 Å². The highest BCUT2D eigenvalue weighted by Crippen LogP contribution is 2.31. The van der Waals surface area contributed by atoms with Gasteiger partial charge in [-0.2, -0.15) is 0 Å². The molecule has 0 unspecified atom stereocenters. The third kappa shape index (κ3) is 3.26. The number of rotatable bonds is 4. The molecule has 3 heteroatoms. The molecule has 1 aliphatic heterocycles. The molecule has 2 aromatic rings. The van der Waals surface area contributed by atoms with Crippen LogP contribution in [0.2, 0.25) is 0 Å². The number of allylic oxidation sites excluding steroid dienone is 2. The number of carboxylic acid groups (broad SMARTS) is 1. The van der Waals surface area contributed by atoms with Crippen molar-refractivity contribution in [1.82, 2.24) is 0 Å². The highest BCUT2D eigenvalue weighted by molar-refractivity contribution is 5.72. The molecular weight excluding hydrogens is 276 g/mol. The average Bonchev–Trinajstić information content (AvgIpc) is 2.54. The first kappa shape index (κ1) is 14.1. The quantitative estimate of drug-likeness (QED) is 0.931. The zero-order valence-corrected chi connectivity index (χ0v) is 12.0. The van der Waals surface area contributed by atoms with E-state index in [1.807, 2.05) is 60.7 Å². The van der Waals surface area contributed by atoms with Crippen molar-refractivity contribution in [3.05, 3.63) is 83.1 Å². The fourth-order valence-electron chi connectivity index (χ4n) is 2.45. The van der Waals surface area contributed by atoms with E-state index in [0.29, 0.717) is 11.3 Å². The number of carbonyl (C=O) groups is 1. The maximum atomic E-state index is 11.0. The monoisotopic (exact) mass is 292 g/mol. The van der Waals surface area contributed by atoms with E-state index >= 15 is 0 Å². The van der Waals surface area contributed by atoms with Gasteiger partial charge in [0.2, 0.25) is 0 Å². The van der Waals surface area contributed by atoms with E-state index in [1.165, 1.54) is 0 Å². The van der Waals surface area contributed by atoms with E-state index in [4.69, 9.17) is 9.84 Å². The number of hydrogen-bond donors (Lipinski definition) is 1. The fraction of sp³-hybridized carbons (Fsp3) is 0.105. The predicted molar refractivity (Wildman–Crippen MR) is 85.7 cm³/mol. The van der Waals surface area contributed by atoms with E-state index in [0.717, 1.165) is 23.3 Å². The second-order valence-corrected chi connectivity index (χ2v) is 5.13. The van der Waals surface area contributed by atoms with Gasteiger partial charge in [0, 0.05) is 5.56 Å². The van der Waals surface area contributed by atoms with Crippen LogP contribution in [0.15, 0.2) is 66.4 Å². The molecule has 110 valence electrons. The Labute approximate surface area is 129 Å². The van der Waals surface area contributed by atoms with Crippen LogP contribution in [-0.2, 0) is 17.6 Å². The summed E-state index contributed by atoms with van der Waals surface area (Å²) in [4.78, 5) is 11.0. The standard InChI is InChI=1S/C19H16O3/c20-18(21)13-16-8-4-7-15-10-12-17(22-19(15)16)11-9-14-5-2-1-3-6-14/h1-9,11-12H,10,13H2,(H,20,21). The molecule has 1 N–H and O–H groups in total. The largest absolute Gasteiger partial charge is 0.481 e. The van der Waals surface area contributed by atoms with Crippen molar-refractivity contribution >= 4 is 12.0 Å². The van der Waals surface area contributed by atoms with Crippen LogP contribution >= 0.6 is 0 Å². The molecule has 2 aromatic carbocycles. The van der Waals surface area contributed by atoms with Crippen LogP contribution < -0.4 is 4.74 Å². The lowest BCUT2D eigenvalue weighted by Gasteiger charge is -2.19. The smallest absolute Gasteiger partial charge is 0.307 e. The highest BCUT2D eigenvalue weighted by Gasteiger charge is 2.16. The van der Waals surface area contributed by atoms with Gasteiger partial charge in [-0.25, -0.2) is 0 Å². The van der Waals surface area contributed by atoms with Crippen LogP contribution in [0.25, 0.3) is 6.08 Å². The Kier molecular flexibility index (Phi) is 4.05. The Morgan fingerprint density at radius 1 is 1.09 bits per heavy atom. The summed E-state index contributed by atoms with van der Waals surface area (Å²) in [6, 6.07) is 15.6. The molecule has 0 amide bonds. The first-order valence-corrected chi connectivity index (χ1v) is 7.16. The van der Waals surface area contributed by atoms with Gasteiger partial charge in [-0.3, -0.25) is 4.79 Å². The van der Waals surface area contributed by atoms with Gasteiger partial charge in [-0.05, 0) is 29.7 Å². The molecule has 0 radical (unpaired) electrons. The Morgan fingerprint density at radius 3 is 2.68 bits per heavy atom. The molecule has 1 heterocycles. The van der Waals surface area contributed by atoms with Gasteiger partial charge in [0.1, 0.15) is 11.5 Å². The highest BCUT2D eigenvalue weighted by atomic mass is 16.5. The first-order valence-electron chi connectivity index (χ1n) is 7.16. The molecule has 1 aliphatic rings. The lowest BCUT2D eigenvalue weighted by Crippen LogP contribution is -2.08. The Balaban J connectivity index is 1.81. The SMILES string of the molecule is O=C(O)Cc1cccc2c1OC(C=Cc1ccccc1)=CC2. The molecule has 3 rings (SSSR count). The molecule has 0 spiro atoms. The van der Waals surface area contributed by atoms with E-state index < -0.39 is 5.97 Å². The Morgan fingerprint density at radius 2 is 1.91 bits per heavy atom. The summed E-state index contributed by atoms with van der Waals surface area (Å²) in [5.41, 5.74) is 2.83. The third-order valence-corrected chi connectivity index (χ3v) is 3.50. The lowest BCUT2D eigenvalue weighted by atomic mass is 10.0. The van der Waals surface area contributed by atoms with Gasteiger partial charge in [0.25, 0.3) is 0 Å². The summed E-state index contributed by atoms with van der Waals surface area (Å²) in [7, 11) is 0. The second-order valence-electron chi connectivity index (χ2n) is 5.13. The maximum Gasteiger partial charge on any atom is 0.307 e. The van der Waals surface area contributed by atoms with E-state index in [9.17, 15) is 4.79 Å². The van der Waals surface area contributed by atoms with Crippen molar-refractivity contribution in [3.63, 3.8) is 0 Å². The molecule has 0 aliphatic carbocycles. The summed E-state index contributed by atoms with van der Waals surface area (Å²) >= 11 is 0. The average molecular weight is 292 g/mol. The molecule has 0 saturated heterocycles. The molecule has 22 heavy (non-hydrogen) atoms. The lowest BCUT2D eigenvalue weighted by molar-refractivity contribution is -0.136. The van der Waals surface area contributed by atoms with Crippen LogP contribution in [-0.4, -0.2) is 11.1 Å². The van der Waals surface area contributed by atoms with Gasteiger partial charge < -0.3 is 9.84 Å². The van der Waals surface area contributed by atoms with Crippen LogP contribution in [0.1, 0.15) is 16.7 Å². The topological polar surface area (TPSA) is 46.5 Å². The predicted octanol–water partition coefficient (Wildman–Crippen LogP) is 3.85. The molecule has 0 bridgehead atoms. The molecular formula is C19H16O3. The number of carboxylic acids is 1. The number of para-hydroxylation sites is 1. The number of aliphatic carboxylic acids is 1. The van der Waals surface area contributed by atoms with Crippen molar-refractivity contribution < 1.29 is 14.6 Å². The van der Waals surface area contributed by atoms with Crippen molar-refractivity contribution in [1.29, 1.82) is 0 Å². The summed E-state index contributed by atoms with van der Waals surface area (Å²) in [6.45, 7) is 0. The summed E-state index contributed by atoms with van der Waals surface area (Å²) in [6.07, 6.45) is 6.62. The number of fused-ring (bicyclic) bond motifs is 1. The minimum absolute atomic E-state index is 0.0289. The molecule has 3 nitrogen and oxygen atoms in total. The van der Waals surface area contributed by atoms with Crippen LogP contribution in [0.3, 0.4) is 0 Å². The molecule has 0 saturated carbocycles. The zero-order valence-electron chi connectivity index (χ0n) is 12.0. The van der Waals surface area contributed by atoms with Gasteiger partial charge in [0.15, 0.2) is 0 Å². The van der Waals surface area contributed by atoms with Gasteiger partial charge in [-0.15, -0.1) is 0 Å². The summed E-state index contributed by atoms with van der Waals surface area (Å²) in [5, 5.41) is 9.00. The number of hydrogen-bond acceptors (Lipinski definition) is 2. The first-order chi connectivity index (χ1) is 10.7. The minimum atomic E-state index is -0.854. The fourth-order valence-corrected chi connectivity index (χ4v) is 2.45. The van der Waals surface area contributed by atoms with Gasteiger partial charge in [-0.1, -0.05) is 54.6 Å². The molecule has 0 aromatic heterocycles. The Hall–Kier alpha value is -2.81. The minimum Gasteiger partial charge on any atom is -0.481 e. The van der Waals surface area contributed by atoms with Crippen LogP contribution in [0.4, 0.5) is 0 Å². The second kappa shape index (κ2) is 6.31. The Bertz CT molecular complexity index is 743.